The molecule has 1 saturated heterocycles. The SMILES string of the molecule is COc1cc2c(cc1-n1nc(NC(=O)OCCN3CCOCC3)c3cnc(-c4cnn5cccnc45)cc31)SCCN2. The van der Waals surface area contributed by atoms with Crippen LogP contribution in [-0.2, 0) is 9.47 Å². The van der Waals surface area contributed by atoms with Crippen molar-refractivity contribution >= 4 is 45.9 Å². The number of nitrogens with one attached hydrogen (secondary N) is 2. The fourth-order valence-corrected chi connectivity index (χ4v) is 6.05. The van der Waals surface area contributed by atoms with E-state index in [2.05, 4.69) is 31.7 Å². The summed E-state index contributed by atoms with van der Waals surface area (Å²) in [5.74, 6) is 1.94. The number of aromatic nitrogens is 6. The van der Waals surface area contributed by atoms with Crippen molar-refractivity contribution in [1.29, 1.82) is 0 Å². The largest absolute Gasteiger partial charge is 0.494 e. The van der Waals surface area contributed by atoms with Gasteiger partial charge in [-0.05, 0) is 18.2 Å². The van der Waals surface area contributed by atoms with E-state index in [-0.39, 0.29) is 6.61 Å². The third kappa shape index (κ3) is 5.08. The average Bonchev–Trinajstić information content (AvgIpc) is 3.62. The molecule has 216 valence electrons. The van der Waals surface area contributed by atoms with Crippen molar-refractivity contribution in [2.45, 2.75) is 4.90 Å². The highest BCUT2D eigenvalue weighted by atomic mass is 32.2. The molecule has 13 nitrogen and oxygen atoms in total. The topological polar surface area (TPSA) is 133 Å². The van der Waals surface area contributed by atoms with E-state index in [4.69, 9.17) is 24.3 Å². The lowest BCUT2D eigenvalue weighted by Crippen LogP contribution is -2.38. The van der Waals surface area contributed by atoms with Crippen LogP contribution < -0.4 is 15.4 Å². The number of benzene rings is 1. The van der Waals surface area contributed by atoms with Crippen LogP contribution >= 0.6 is 11.8 Å². The van der Waals surface area contributed by atoms with Gasteiger partial charge in [-0.2, -0.15) is 5.10 Å². The van der Waals surface area contributed by atoms with E-state index in [1.807, 2.05) is 24.4 Å². The van der Waals surface area contributed by atoms with Gasteiger partial charge in [0.15, 0.2) is 11.5 Å². The number of rotatable bonds is 7. The van der Waals surface area contributed by atoms with Gasteiger partial charge in [-0.3, -0.25) is 15.2 Å². The molecule has 14 heteroatoms. The molecule has 2 aliphatic heterocycles. The van der Waals surface area contributed by atoms with Crippen LogP contribution in [0.1, 0.15) is 0 Å². The number of thioether (sulfide) groups is 1. The van der Waals surface area contributed by atoms with Crippen LogP contribution in [0.25, 0.3) is 33.5 Å². The van der Waals surface area contributed by atoms with Crippen molar-refractivity contribution in [2.24, 2.45) is 0 Å². The number of carbonyl (C=O) groups is 1. The molecule has 2 aliphatic rings. The molecule has 0 unspecified atom stereocenters. The van der Waals surface area contributed by atoms with E-state index in [1.165, 1.54) is 0 Å². The third-order valence-corrected chi connectivity index (χ3v) is 8.33. The predicted octanol–water partition coefficient (Wildman–Crippen LogP) is 3.54. The molecule has 1 amide bonds. The maximum Gasteiger partial charge on any atom is 0.412 e. The molecule has 0 spiro atoms. The first-order chi connectivity index (χ1) is 20.7. The minimum atomic E-state index is -0.581. The van der Waals surface area contributed by atoms with Gasteiger partial charge in [0.2, 0.25) is 0 Å². The first kappa shape index (κ1) is 26.5. The number of ether oxygens (including phenoxy) is 3. The van der Waals surface area contributed by atoms with E-state index in [0.29, 0.717) is 48.1 Å². The van der Waals surface area contributed by atoms with Crippen molar-refractivity contribution in [3.8, 4) is 22.7 Å². The van der Waals surface area contributed by atoms with Crippen molar-refractivity contribution < 1.29 is 19.0 Å². The molecule has 1 aromatic carbocycles. The second-order valence-corrected chi connectivity index (χ2v) is 10.9. The summed E-state index contributed by atoms with van der Waals surface area (Å²) in [7, 11) is 1.63. The highest BCUT2D eigenvalue weighted by molar-refractivity contribution is 7.99. The highest BCUT2D eigenvalue weighted by Crippen LogP contribution is 2.40. The Labute approximate surface area is 245 Å². The van der Waals surface area contributed by atoms with Gasteiger partial charge in [0.05, 0.1) is 54.4 Å². The molecule has 6 heterocycles. The van der Waals surface area contributed by atoms with Crippen LogP contribution in [0.3, 0.4) is 0 Å². The Morgan fingerprint density at radius 3 is 2.98 bits per heavy atom. The number of amides is 1. The van der Waals surface area contributed by atoms with Gasteiger partial charge in [0.1, 0.15) is 18.0 Å². The van der Waals surface area contributed by atoms with Crippen molar-refractivity contribution in [2.75, 3.05) is 69.5 Å². The van der Waals surface area contributed by atoms with Gasteiger partial charge < -0.3 is 19.5 Å². The van der Waals surface area contributed by atoms with Crippen LogP contribution in [0.15, 0.2) is 53.9 Å². The van der Waals surface area contributed by atoms with Gasteiger partial charge >= 0.3 is 6.09 Å². The lowest BCUT2D eigenvalue weighted by atomic mass is 10.2. The minimum Gasteiger partial charge on any atom is -0.494 e. The Balaban J connectivity index is 1.26. The molecule has 0 bridgehead atoms. The molecule has 0 aliphatic carbocycles. The van der Waals surface area contributed by atoms with Gasteiger partial charge in [-0.1, -0.05) is 0 Å². The van der Waals surface area contributed by atoms with Crippen molar-refractivity contribution in [3.63, 3.8) is 0 Å². The quantitative estimate of drug-likeness (QED) is 0.290. The van der Waals surface area contributed by atoms with E-state index < -0.39 is 6.09 Å². The zero-order chi connectivity index (χ0) is 28.5. The number of hydrogen-bond acceptors (Lipinski definition) is 11. The smallest absolute Gasteiger partial charge is 0.412 e. The average molecular weight is 588 g/mol. The molecule has 7 rings (SSSR count). The van der Waals surface area contributed by atoms with Crippen molar-refractivity contribution in [1.82, 2.24) is 34.3 Å². The molecule has 2 N–H and O–H groups in total. The summed E-state index contributed by atoms with van der Waals surface area (Å²) in [4.78, 5) is 25.4. The maximum absolute atomic E-state index is 12.9. The van der Waals surface area contributed by atoms with E-state index >= 15 is 0 Å². The molecule has 0 atom stereocenters. The molecule has 0 saturated carbocycles. The molecule has 42 heavy (non-hydrogen) atoms. The molecule has 0 radical (unpaired) electrons. The fourth-order valence-electron chi connectivity index (χ4n) is 5.15. The summed E-state index contributed by atoms with van der Waals surface area (Å²) in [5.41, 5.74) is 4.62. The molecule has 5 aromatic rings. The summed E-state index contributed by atoms with van der Waals surface area (Å²) in [5, 5.41) is 16.2. The number of carbonyl (C=O) groups excluding carboxylic acids is 1. The Hall–Kier alpha value is -4.40. The zero-order valence-electron chi connectivity index (χ0n) is 22.9. The number of methoxy groups -OCH3 is 1. The number of fused-ring (bicyclic) bond motifs is 3. The highest BCUT2D eigenvalue weighted by Gasteiger charge is 2.22. The Morgan fingerprint density at radius 1 is 1.19 bits per heavy atom. The monoisotopic (exact) mass is 587 g/mol. The van der Waals surface area contributed by atoms with E-state index in [0.717, 1.165) is 52.7 Å². The lowest BCUT2D eigenvalue weighted by Gasteiger charge is -2.26. The first-order valence-corrected chi connectivity index (χ1v) is 14.7. The fraction of sp³-hybridized carbons (Fsp3) is 0.321. The first-order valence-electron chi connectivity index (χ1n) is 13.7. The molecule has 1 fully saturated rings. The number of hydrogen-bond donors (Lipinski definition) is 2. The summed E-state index contributed by atoms with van der Waals surface area (Å²) in [6.45, 7) is 4.82. The van der Waals surface area contributed by atoms with Gasteiger partial charge in [-0.15, -0.1) is 16.9 Å². The zero-order valence-corrected chi connectivity index (χ0v) is 23.8. The van der Waals surface area contributed by atoms with Crippen LogP contribution in [0.4, 0.5) is 16.3 Å². The predicted molar refractivity (Wildman–Crippen MR) is 159 cm³/mol. The van der Waals surface area contributed by atoms with Gasteiger partial charge in [0, 0.05) is 61.5 Å². The standard InChI is InChI=1S/C28H29N9O4S/c1-39-24-14-21-25(42-12-4-29-21)15-23(24)37-22-13-20(18-17-32-36-5-2-3-30-27(18)36)31-16-19(22)26(34-37)33-28(38)41-11-8-35-6-9-40-10-7-35/h2-3,5,13-17,29H,4,6-12H2,1H3,(H,33,34,38). The van der Waals surface area contributed by atoms with Crippen LogP contribution in [0, 0.1) is 0 Å². The van der Waals surface area contributed by atoms with Crippen LogP contribution in [-0.4, -0.2) is 99.2 Å². The number of nitrogens with zero attached hydrogens (tertiary/aromatic N) is 7. The minimum absolute atomic E-state index is 0.261. The summed E-state index contributed by atoms with van der Waals surface area (Å²) in [6.07, 6.45) is 6.42. The maximum atomic E-state index is 12.9. The number of morpholine rings is 1. The summed E-state index contributed by atoms with van der Waals surface area (Å²) in [6, 6.07) is 7.78. The molecule has 4 aromatic heterocycles. The van der Waals surface area contributed by atoms with Crippen LogP contribution in [0.5, 0.6) is 5.75 Å². The Bertz CT molecular complexity index is 1770. The van der Waals surface area contributed by atoms with Crippen molar-refractivity contribution in [3.05, 3.63) is 49.1 Å². The van der Waals surface area contributed by atoms with Crippen LogP contribution in [0.2, 0.25) is 0 Å². The third-order valence-electron chi connectivity index (χ3n) is 7.27. The second kappa shape index (κ2) is 11.5. The lowest BCUT2D eigenvalue weighted by molar-refractivity contribution is 0.0290. The normalized spacial score (nSPS) is 15.4. The summed E-state index contributed by atoms with van der Waals surface area (Å²) < 4.78 is 20.2. The molecular formula is C28H29N9O4S. The summed E-state index contributed by atoms with van der Waals surface area (Å²) >= 11 is 1.77. The van der Waals surface area contributed by atoms with E-state index in [9.17, 15) is 4.79 Å². The Kier molecular flexibility index (Phi) is 7.23. The second-order valence-electron chi connectivity index (χ2n) is 9.80. The van der Waals surface area contributed by atoms with E-state index in [1.54, 1.807) is 46.7 Å². The van der Waals surface area contributed by atoms with Gasteiger partial charge in [-0.25, -0.2) is 19.0 Å². The Morgan fingerprint density at radius 2 is 2.10 bits per heavy atom. The van der Waals surface area contributed by atoms with Gasteiger partial charge in [0.25, 0.3) is 0 Å². The number of anilines is 2. The molecular weight excluding hydrogens is 558 g/mol. The number of pyridine rings is 1.